The molecule has 0 fully saturated rings. The number of rotatable bonds is 6. The van der Waals surface area contributed by atoms with Crippen molar-refractivity contribution in [3.8, 4) is 5.75 Å². The molecule has 0 aromatic heterocycles. The Bertz CT molecular complexity index is 617. The molecule has 0 aliphatic heterocycles. The molecule has 2 rings (SSSR count). The van der Waals surface area contributed by atoms with Gasteiger partial charge in [0.1, 0.15) is 5.75 Å². The molecule has 0 aliphatic rings. The Hall–Kier alpha value is -2.29. The normalized spacial score (nSPS) is 13.6. The lowest BCUT2D eigenvalue weighted by molar-refractivity contribution is -0.153. The van der Waals surface area contributed by atoms with Crippen molar-refractivity contribution >= 4 is 5.97 Å². The number of ether oxygens (including phenoxy) is 1. The molecule has 0 saturated heterocycles. The summed E-state index contributed by atoms with van der Waals surface area (Å²) in [4.78, 5) is 11.7. The number of benzene rings is 2. The molecule has 0 spiro atoms. The fourth-order valence-electron chi connectivity index (χ4n) is 2.32. The maximum Gasteiger partial charge on any atom is 0.348 e. The summed E-state index contributed by atoms with van der Waals surface area (Å²) in [6.07, 6.45) is 0.315. The summed E-state index contributed by atoms with van der Waals surface area (Å²) in [6.45, 7) is 5.85. The molecule has 0 bridgehead atoms. The van der Waals surface area contributed by atoms with Gasteiger partial charge < -0.3 is 9.84 Å². The molecule has 116 valence electrons. The number of hydrogen-bond donors (Lipinski definition) is 1. The van der Waals surface area contributed by atoms with Crippen LogP contribution >= 0.6 is 0 Å². The van der Waals surface area contributed by atoms with Crippen LogP contribution in [0.3, 0.4) is 0 Å². The zero-order valence-corrected chi connectivity index (χ0v) is 13.2. The van der Waals surface area contributed by atoms with Crippen molar-refractivity contribution in [2.75, 3.05) is 0 Å². The van der Waals surface area contributed by atoms with Gasteiger partial charge in [-0.3, -0.25) is 0 Å². The molecule has 0 radical (unpaired) electrons. The molecular formula is C19H22O3. The van der Waals surface area contributed by atoms with Crippen LogP contribution in [-0.2, 0) is 11.2 Å². The van der Waals surface area contributed by atoms with E-state index < -0.39 is 11.6 Å². The van der Waals surface area contributed by atoms with Gasteiger partial charge in [0.05, 0.1) is 0 Å². The topological polar surface area (TPSA) is 46.5 Å². The van der Waals surface area contributed by atoms with Crippen LogP contribution in [0.15, 0.2) is 54.6 Å². The molecule has 1 unspecified atom stereocenters. The molecule has 0 heterocycles. The molecule has 22 heavy (non-hydrogen) atoms. The van der Waals surface area contributed by atoms with Gasteiger partial charge in [-0.1, -0.05) is 56.3 Å². The molecule has 2 aromatic carbocycles. The summed E-state index contributed by atoms with van der Waals surface area (Å²) in [5.74, 6) is 0.0405. The number of carboxylic acids is 1. The second-order valence-electron chi connectivity index (χ2n) is 6.02. The summed E-state index contributed by atoms with van der Waals surface area (Å²) in [7, 11) is 0. The lowest BCUT2D eigenvalue weighted by atomic mass is 9.96. The van der Waals surface area contributed by atoms with E-state index in [1.807, 2.05) is 54.6 Å². The Balaban J connectivity index is 2.19. The third-order valence-corrected chi connectivity index (χ3v) is 3.73. The highest BCUT2D eigenvalue weighted by Gasteiger charge is 2.36. The van der Waals surface area contributed by atoms with E-state index in [2.05, 4.69) is 13.8 Å². The van der Waals surface area contributed by atoms with Gasteiger partial charge in [-0.05, 0) is 36.1 Å². The van der Waals surface area contributed by atoms with E-state index in [1.165, 1.54) is 5.56 Å². The summed E-state index contributed by atoms with van der Waals surface area (Å²) in [5.41, 5.74) is 0.847. The summed E-state index contributed by atoms with van der Waals surface area (Å²) >= 11 is 0. The minimum atomic E-state index is -1.29. The second kappa shape index (κ2) is 6.65. The average molecular weight is 298 g/mol. The summed E-state index contributed by atoms with van der Waals surface area (Å²) in [6, 6.07) is 17.1. The molecule has 0 aliphatic carbocycles. The van der Waals surface area contributed by atoms with E-state index in [9.17, 15) is 9.90 Å². The van der Waals surface area contributed by atoms with Gasteiger partial charge in [0.2, 0.25) is 5.60 Å². The first-order valence-corrected chi connectivity index (χ1v) is 7.47. The van der Waals surface area contributed by atoms with Crippen molar-refractivity contribution in [2.45, 2.75) is 38.7 Å². The van der Waals surface area contributed by atoms with Gasteiger partial charge in [0.25, 0.3) is 0 Å². The SMILES string of the molecule is CC(C)c1ccc(OC(C)(Cc2ccccc2)C(=O)O)cc1. The Labute approximate surface area is 131 Å². The lowest BCUT2D eigenvalue weighted by Gasteiger charge is -2.26. The zero-order valence-electron chi connectivity index (χ0n) is 13.2. The molecule has 0 amide bonds. The average Bonchev–Trinajstić information content (AvgIpc) is 2.48. The Morgan fingerprint density at radius 2 is 1.68 bits per heavy atom. The van der Waals surface area contributed by atoms with E-state index in [-0.39, 0.29) is 0 Å². The Morgan fingerprint density at radius 1 is 1.09 bits per heavy atom. The van der Waals surface area contributed by atoms with Crippen molar-refractivity contribution in [3.63, 3.8) is 0 Å². The molecule has 1 atom stereocenters. The first-order valence-electron chi connectivity index (χ1n) is 7.47. The van der Waals surface area contributed by atoms with E-state index in [1.54, 1.807) is 6.92 Å². The van der Waals surface area contributed by atoms with Crippen LogP contribution in [0.1, 0.15) is 37.8 Å². The number of carboxylic acid groups (broad SMARTS) is 1. The van der Waals surface area contributed by atoms with E-state index >= 15 is 0 Å². The second-order valence-corrected chi connectivity index (χ2v) is 6.02. The standard InChI is InChI=1S/C19H22O3/c1-14(2)16-9-11-17(12-10-16)22-19(3,18(20)21)13-15-7-5-4-6-8-15/h4-12,14H,13H2,1-3H3,(H,20,21). The third kappa shape index (κ3) is 3.88. The van der Waals surface area contributed by atoms with Gasteiger partial charge in [-0.25, -0.2) is 4.79 Å². The smallest absolute Gasteiger partial charge is 0.348 e. The van der Waals surface area contributed by atoms with Crippen LogP contribution in [0.2, 0.25) is 0 Å². The molecule has 1 N–H and O–H groups in total. The van der Waals surface area contributed by atoms with Gasteiger partial charge in [-0.2, -0.15) is 0 Å². The summed E-state index contributed by atoms with van der Waals surface area (Å²) < 4.78 is 5.80. The van der Waals surface area contributed by atoms with Gasteiger partial charge >= 0.3 is 5.97 Å². The Morgan fingerprint density at radius 3 is 2.18 bits per heavy atom. The van der Waals surface area contributed by atoms with Crippen LogP contribution in [0.4, 0.5) is 0 Å². The van der Waals surface area contributed by atoms with Gasteiger partial charge in [0, 0.05) is 6.42 Å². The fourth-order valence-corrected chi connectivity index (χ4v) is 2.32. The first kappa shape index (κ1) is 16.1. The van der Waals surface area contributed by atoms with Gasteiger partial charge in [0.15, 0.2) is 0 Å². The van der Waals surface area contributed by atoms with Crippen molar-refractivity contribution in [3.05, 3.63) is 65.7 Å². The molecule has 3 heteroatoms. The number of carbonyl (C=O) groups is 1. The molecular weight excluding hydrogens is 276 g/mol. The number of aliphatic carboxylic acids is 1. The quantitative estimate of drug-likeness (QED) is 0.866. The number of hydrogen-bond acceptors (Lipinski definition) is 2. The van der Waals surface area contributed by atoms with Crippen molar-refractivity contribution in [2.24, 2.45) is 0 Å². The predicted octanol–water partition coefficient (Wildman–Crippen LogP) is 4.27. The molecule has 2 aromatic rings. The van der Waals surface area contributed by atoms with Gasteiger partial charge in [-0.15, -0.1) is 0 Å². The van der Waals surface area contributed by atoms with Crippen LogP contribution in [0, 0.1) is 0 Å². The maximum atomic E-state index is 11.7. The zero-order chi connectivity index (χ0) is 16.2. The minimum Gasteiger partial charge on any atom is -0.478 e. The molecule has 3 nitrogen and oxygen atoms in total. The minimum absolute atomic E-state index is 0.315. The highest BCUT2D eigenvalue weighted by atomic mass is 16.5. The van der Waals surface area contributed by atoms with E-state index in [4.69, 9.17) is 4.74 Å². The van der Waals surface area contributed by atoms with E-state index in [0.29, 0.717) is 18.1 Å². The highest BCUT2D eigenvalue weighted by Crippen LogP contribution is 2.25. The third-order valence-electron chi connectivity index (χ3n) is 3.73. The molecule has 0 saturated carbocycles. The summed E-state index contributed by atoms with van der Waals surface area (Å²) in [5, 5.41) is 9.57. The maximum absolute atomic E-state index is 11.7. The first-order chi connectivity index (χ1) is 10.4. The van der Waals surface area contributed by atoms with Crippen molar-refractivity contribution in [1.82, 2.24) is 0 Å². The van der Waals surface area contributed by atoms with Crippen LogP contribution < -0.4 is 4.74 Å². The largest absolute Gasteiger partial charge is 0.478 e. The predicted molar refractivity (Wildman–Crippen MR) is 87.3 cm³/mol. The monoisotopic (exact) mass is 298 g/mol. The van der Waals surface area contributed by atoms with Crippen LogP contribution in [0.5, 0.6) is 5.75 Å². The van der Waals surface area contributed by atoms with Crippen molar-refractivity contribution in [1.29, 1.82) is 0 Å². The van der Waals surface area contributed by atoms with Crippen molar-refractivity contribution < 1.29 is 14.6 Å². The lowest BCUT2D eigenvalue weighted by Crippen LogP contribution is -2.43. The Kier molecular flexibility index (Phi) is 4.86. The highest BCUT2D eigenvalue weighted by molar-refractivity contribution is 5.78. The van der Waals surface area contributed by atoms with Crippen LogP contribution in [0.25, 0.3) is 0 Å². The van der Waals surface area contributed by atoms with Crippen LogP contribution in [-0.4, -0.2) is 16.7 Å². The van der Waals surface area contributed by atoms with E-state index in [0.717, 1.165) is 5.56 Å². The fraction of sp³-hybridized carbons (Fsp3) is 0.316.